The molecule has 0 saturated heterocycles. The van der Waals surface area contributed by atoms with E-state index in [0.717, 1.165) is 24.9 Å². The quantitative estimate of drug-likeness (QED) is 0.358. The summed E-state index contributed by atoms with van der Waals surface area (Å²) in [5.41, 5.74) is 1.69. The van der Waals surface area contributed by atoms with Gasteiger partial charge in [-0.25, -0.2) is 0 Å². The van der Waals surface area contributed by atoms with Crippen molar-refractivity contribution in [1.82, 2.24) is 15.1 Å². The van der Waals surface area contributed by atoms with Crippen molar-refractivity contribution in [2.24, 2.45) is 0 Å². The number of alkyl halides is 3. The molecule has 1 aliphatic carbocycles. The molecule has 4 nitrogen and oxygen atoms in total. The largest absolute Gasteiger partial charge is 0.436 e. The summed E-state index contributed by atoms with van der Waals surface area (Å²) in [5, 5.41) is 10.2. The second-order valence-corrected chi connectivity index (χ2v) is 8.49. The van der Waals surface area contributed by atoms with Crippen molar-refractivity contribution in [3.63, 3.8) is 0 Å². The lowest BCUT2D eigenvalue weighted by atomic mass is 9.99. The van der Waals surface area contributed by atoms with Gasteiger partial charge in [-0.1, -0.05) is 37.6 Å². The van der Waals surface area contributed by atoms with Crippen LogP contribution in [0.5, 0.6) is 0 Å². The van der Waals surface area contributed by atoms with Gasteiger partial charge in [0.2, 0.25) is 0 Å². The Labute approximate surface area is 185 Å². The van der Waals surface area contributed by atoms with E-state index >= 15 is 0 Å². The first kappa shape index (κ1) is 22.9. The fourth-order valence-electron chi connectivity index (χ4n) is 3.29. The highest BCUT2D eigenvalue weighted by molar-refractivity contribution is 7.80. The van der Waals surface area contributed by atoms with Crippen LogP contribution in [-0.2, 0) is 12.7 Å². The zero-order valence-corrected chi connectivity index (χ0v) is 18.6. The zero-order valence-electron chi connectivity index (χ0n) is 17.0. The standard InChI is InChI=1S/C21H26ClF3N4S/c1-3-13(2)14-7-9-16(10-8-14)27-20(30)26-11-4-12-29-18(15-5-6-15)17(22)19(28-29)21(23,24)25/h7-10,13,15H,3-6,11-12H2,1-2H3,(H2,26,27,30). The number of nitrogens with zero attached hydrogens (tertiary/aromatic N) is 2. The Morgan fingerprint density at radius 1 is 1.30 bits per heavy atom. The molecule has 1 aromatic carbocycles. The molecule has 1 heterocycles. The summed E-state index contributed by atoms with van der Waals surface area (Å²) in [6.45, 7) is 5.21. The molecule has 1 aliphatic rings. The Kier molecular flexibility index (Phi) is 7.29. The Morgan fingerprint density at radius 3 is 2.53 bits per heavy atom. The normalized spacial score (nSPS) is 15.1. The first-order valence-electron chi connectivity index (χ1n) is 10.2. The molecule has 0 spiro atoms. The van der Waals surface area contributed by atoms with Crippen LogP contribution in [0.1, 0.15) is 68.3 Å². The molecule has 0 amide bonds. The third-order valence-corrected chi connectivity index (χ3v) is 5.97. The molecule has 3 rings (SSSR count). The van der Waals surface area contributed by atoms with Crippen LogP contribution >= 0.6 is 23.8 Å². The van der Waals surface area contributed by atoms with E-state index in [1.165, 1.54) is 10.2 Å². The minimum Gasteiger partial charge on any atom is -0.362 e. The van der Waals surface area contributed by atoms with E-state index in [0.29, 0.717) is 36.2 Å². The van der Waals surface area contributed by atoms with Gasteiger partial charge in [0.1, 0.15) is 0 Å². The van der Waals surface area contributed by atoms with E-state index in [9.17, 15) is 13.2 Å². The monoisotopic (exact) mass is 458 g/mol. The third kappa shape index (κ3) is 5.66. The van der Waals surface area contributed by atoms with Crippen LogP contribution in [0.25, 0.3) is 0 Å². The van der Waals surface area contributed by atoms with Gasteiger partial charge in [0.05, 0.1) is 10.7 Å². The lowest BCUT2D eigenvalue weighted by Gasteiger charge is -2.13. The molecular formula is C21H26ClF3N4S. The lowest BCUT2D eigenvalue weighted by Crippen LogP contribution is -2.30. The number of benzene rings is 1. The van der Waals surface area contributed by atoms with Crippen molar-refractivity contribution < 1.29 is 13.2 Å². The van der Waals surface area contributed by atoms with Gasteiger partial charge < -0.3 is 10.6 Å². The highest BCUT2D eigenvalue weighted by Gasteiger charge is 2.41. The predicted octanol–water partition coefficient (Wildman–Crippen LogP) is 6.32. The topological polar surface area (TPSA) is 41.9 Å². The Hall–Kier alpha value is -1.80. The Balaban J connectivity index is 1.50. The second kappa shape index (κ2) is 9.56. The number of hydrogen-bond donors (Lipinski definition) is 2. The summed E-state index contributed by atoms with van der Waals surface area (Å²) in [6.07, 6.45) is -1.18. The van der Waals surface area contributed by atoms with E-state index in [4.69, 9.17) is 23.8 Å². The van der Waals surface area contributed by atoms with Gasteiger partial charge in [-0.05, 0) is 61.5 Å². The fraction of sp³-hybridized carbons (Fsp3) is 0.524. The molecular weight excluding hydrogens is 433 g/mol. The molecule has 9 heteroatoms. The van der Waals surface area contributed by atoms with Crippen LogP contribution in [0, 0.1) is 0 Å². The summed E-state index contributed by atoms with van der Waals surface area (Å²) in [5.74, 6) is 0.591. The van der Waals surface area contributed by atoms with Crippen molar-refractivity contribution in [3.8, 4) is 0 Å². The molecule has 1 aromatic heterocycles. The van der Waals surface area contributed by atoms with E-state index in [1.807, 2.05) is 12.1 Å². The molecule has 2 aromatic rings. The maximum atomic E-state index is 13.1. The molecule has 1 atom stereocenters. The Morgan fingerprint density at radius 2 is 1.97 bits per heavy atom. The number of aromatic nitrogens is 2. The number of thiocarbonyl (C=S) groups is 1. The average Bonchev–Trinajstić information content (AvgIpc) is 3.47. The lowest BCUT2D eigenvalue weighted by molar-refractivity contribution is -0.141. The number of nitrogens with one attached hydrogen (secondary N) is 2. The second-order valence-electron chi connectivity index (χ2n) is 7.71. The summed E-state index contributed by atoms with van der Waals surface area (Å²) >= 11 is 11.3. The van der Waals surface area contributed by atoms with Crippen molar-refractivity contribution in [3.05, 3.63) is 46.2 Å². The van der Waals surface area contributed by atoms with Gasteiger partial charge in [-0.3, -0.25) is 4.68 Å². The predicted molar refractivity (Wildman–Crippen MR) is 118 cm³/mol. The summed E-state index contributed by atoms with van der Waals surface area (Å²) in [7, 11) is 0. The maximum Gasteiger partial charge on any atom is 0.436 e. The van der Waals surface area contributed by atoms with Gasteiger partial charge >= 0.3 is 6.18 Å². The van der Waals surface area contributed by atoms with Crippen LogP contribution in [0.3, 0.4) is 0 Å². The minimum atomic E-state index is -4.54. The molecule has 0 bridgehead atoms. The zero-order chi connectivity index (χ0) is 21.9. The maximum absolute atomic E-state index is 13.1. The molecule has 1 unspecified atom stereocenters. The molecule has 1 saturated carbocycles. The summed E-state index contributed by atoms with van der Waals surface area (Å²) in [6, 6.07) is 8.14. The van der Waals surface area contributed by atoms with E-state index in [2.05, 4.69) is 41.7 Å². The molecule has 1 fully saturated rings. The first-order chi connectivity index (χ1) is 14.2. The van der Waals surface area contributed by atoms with E-state index in [1.54, 1.807) is 0 Å². The van der Waals surface area contributed by atoms with Gasteiger partial charge in [-0.15, -0.1) is 0 Å². The van der Waals surface area contributed by atoms with Crippen LogP contribution in [0.4, 0.5) is 18.9 Å². The van der Waals surface area contributed by atoms with Crippen LogP contribution in [0.2, 0.25) is 5.02 Å². The molecule has 0 radical (unpaired) electrons. The molecule has 2 N–H and O–H groups in total. The highest BCUT2D eigenvalue weighted by Crippen LogP contribution is 2.46. The van der Waals surface area contributed by atoms with Gasteiger partial charge in [0.25, 0.3) is 0 Å². The Bertz CT molecular complexity index is 876. The van der Waals surface area contributed by atoms with Gasteiger partial charge in [0.15, 0.2) is 10.8 Å². The highest BCUT2D eigenvalue weighted by atomic mass is 35.5. The van der Waals surface area contributed by atoms with Crippen LogP contribution in [0.15, 0.2) is 24.3 Å². The minimum absolute atomic E-state index is 0.0789. The molecule has 0 aliphatic heterocycles. The summed E-state index contributed by atoms with van der Waals surface area (Å²) in [4.78, 5) is 0. The van der Waals surface area contributed by atoms with Crippen molar-refractivity contribution in [1.29, 1.82) is 0 Å². The van der Waals surface area contributed by atoms with Crippen LogP contribution in [-0.4, -0.2) is 21.4 Å². The number of aryl methyl sites for hydroxylation is 1. The van der Waals surface area contributed by atoms with E-state index < -0.39 is 11.9 Å². The summed E-state index contributed by atoms with van der Waals surface area (Å²) < 4.78 is 40.8. The SMILES string of the molecule is CCC(C)c1ccc(NC(=S)NCCCn2nc(C(F)(F)F)c(Cl)c2C2CC2)cc1. The smallest absolute Gasteiger partial charge is 0.362 e. The molecule has 30 heavy (non-hydrogen) atoms. The third-order valence-electron chi connectivity index (χ3n) is 5.35. The number of halogens is 4. The van der Waals surface area contributed by atoms with Gasteiger partial charge in [-0.2, -0.15) is 18.3 Å². The number of anilines is 1. The van der Waals surface area contributed by atoms with Crippen molar-refractivity contribution in [2.75, 3.05) is 11.9 Å². The van der Waals surface area contributed by atoms with Gasteiger partial charge in [0, 0.05) is 24.7 Å². The van der Waals surface area contributed by atoms with E-state index in [-0.39, 0.29) is 10.9 Å². The number of rotatable bonds is 8. The average molecular weight is 459 g/mol. The first-order valence-corrected chi connectivity index (χ1v) is 11.0. The van der Waals surface area contributed by atoms with Crippen LogP contribution < -0.4 is 10.6 Å². The molecule has 164 valence electrons. The fourth-order valence-corrected chi connectivity index (χ4v) is 3.90. The number of hydrogen-bond acceptors (Lipinski definition) is 2. The van der Waals surface area contributed by atoms with Crippen molar-refractivity contribution in [2.45, 2.75) is 64.1 Å². The van der Waals surface area contributed by atoms with Crippen molar-refractivity contribution >= 4 is 34.6 Å².